The van der Waals surface area contributed by atoms with Gasteiger partial charge in [0.1, 0.15) is 11.4 Å². The monoisotopic (exact) mass is 254 g/mol. The van der Waals surface area contributed by atoms with E-state index < -0.39 is 4.92 Å². The lowest BCUT2D eigenvalue weighted by atomic mass is 10.2. The highest BCUT2D eigenvalue weighted by molar-refractivity contribution is 5.75. The highest BCUT2D eigenvalue weighted by atomic mass is 16.6. The van der Waals surface area contributed by atoms with Gasteiger partial charge in [-0.3, -0.25) is 16.0 Å². The molecule has 0 aliphatic carbocycles. The van der Waals surface area contributed by atoms with Crippen molar-refractivity contribution in [2.45, 2.75) is 19.3 Å². The Balaban J connectivity index is 2.67. The first-order valence-electron chi connectivity index (χ1n) is 5.79. The Morgan fingerprint density at radius 3 is 2.61 bits per heavy atom. The largest absolute Gasteiger partial charge is 0.396 e. The molecule has 0 atom stereocenters. The van der Waals surface area contributed by atoms with Crippen LogP contribution >= 0.6 is 0 Å². The molecule has 1 aromatic rings. The van der Waals surface area contributed by atoms with Gasteiger partial charge in [0.25, 0.3) is 0 Å². The van der Waals surface area contributed by atoms with Crippen LogP contribution in [-0.4, -0.2) is 23.2 Å². The van der Waals surface area contributed by atoms with Crippen LogP contribution in [0.5, 0.6) is 0 Å². The van der Waals surface area contributed by atoms with Crippen molar-refractivity contribution in [3.63, 3.8) is 0 Å². The quantitative estimate of drug-likeness (QED) is 0.242. The standard InChI is InChI=1S/C11H18N4O3/c12-14-10-6-4-5-9(11(10)15(17)18)13-7-2-1-3-8-16/h4-6,13-14,16H,1-3,7-8,12H2. The first kappa shape index (κ1) is 14.2. The number of unbranched alkanes of at least 4 members (excludes halogenated alkanes) is 2. The molecule has 7 heteroatoms. The Labute approximate surface area is 105 Å². The molecule has 1 aromatic carbocycles. The smallest absolute Gasteiger partial charge is 0.316 e. The van der Waals surface area contributed by atoms with Gasteiger partial charge in [-0.1, -0.05) is 6.07 Å². The predicted molar refractivity (Wildman–Crippen MR) is 70.3 cm³/mol. The second-order valence-corrected chi connectivity index (χ2v) is 3.81. The number of benzene rings is 1. The Morgan fingerprint density at radius 1 is 1.28 bits per heavy atom. The van der Waals surface area contributed by atoms with E-state index in [0.29, 0.717) is 12.2 Å². The molecule has 0 fully saturated rings. The Kier molecular flexibility index (Phi) is 5.89. The van der Waals surface area contributed by atoms with Crippen molar-refractivity contribution in [3.05, 3.63) is 28.3 Å². The van der Waals surface area contributed by atoms with Gasteiger partial charge in [-0.05, 0) is 31.4 Å². The van der Waals surface area contributed by atoms with Crippen molar-refractivity contribution in [1.29, 1.82) is 0 Å². The van der Waals surface area contributed by atoms with E-state index in [9.17, 15) is 10.1 Å². The van der Waals surface area contributed by atoms with Gasteiger partial charge in [-0.25, -0.2) is 0 Å². The number of hydrogen-bond acceptors (Lipinski definition) is 6. The number of nitrogens with one attached hydrogen (secondary N) is 2. The van der Waals surface area contributed by atoms with Crippen molar-refractivity contribution in [1.82, 2.24) is 0 Å². The summed E-state index contributed by atoms with van der Waals surface area (Å²) in [6.45, 7) is 0.793. The second-order valence-electron chi connectivity index (χ2n) is 3.81. The van der Waals surface area contributed by atoms with Gasteiger partial charge in [0.15, 0.2) is 0 Å². The molecule has 0 aliphatic heterocycles. The summed E-state index contributed by atoms with van der Waals surface area (Å²) in [5, 5.41) is 22.6. The average Bonchev–Trinajstić information content (AvgIpc) is 2.37. The number of rotatable bonds is 8. The minimum absolute atomic E-state index is 0.0536. The lowest BCUT2D eigenvalue weighted by Gasteiger charge is -2.09. The van der Waals surface area contributed by atoms with Gasteiger partial charge in [-0.2, -0.15) is 0 Å². The number of hydrazine groups is 1. The van der Waals surface area contributed by atoms with E-state index in [1.807, 2.05) is 0 Å². The fourth-order valence-electron chi connectivity index (χ4n) is 1.64. The molecule has 0 saturated heterocycles. The molecule has 5 N–H and O–H groups in total. The number of para-hydroxylation sites is 1. The SMILES string of the molecule is NNc1cccc(NCCCCCO)c1[N+](=O)[O-]. The average molecular weight is 254 g/mol. The summed E-state index contributed by atoms with van der Waals surface area (Å²) < 4.78 is 0. The van der Waals surface area contributed by atoms with Crippen LogP contribution in [0.1, 0.15) is 19.3 Å². The third kappa shape index (κ3) is 3.86. The molecule has 0 heterocycles. The summed E-state index contributed by atoms with van der Waals surface area (Å²) in [5.41, 5.74) is 2.98. The number of nitrogens with zero attached hydrogens (tertiary/aromatic N) is 1. The van der Waals surface area contributed by atoms with Crippen molar-refractivity contribution in [3.8, 4) is 0 Å². The lowest BCUT2D eigenvalue weighted by Crippen LogP contribution is -2.11. The van der Waals surface area contributed by atoms with E-state index in [-0.39, 0.29) is 18.0 Å². The van der Waals surface area contributed by atoms with E-state index in [1.165, 1.54) is 0 Å². The molecule has 100 valence electrons. The molecule has 0 spiro atoms. The van der Waals surface area contributed by atoms with Crippen molar-refractivity contribution >= 4 is 17.1 Å². The van der Waals surface area contributed by atoms with Gasteiger partial charge in [0, 0.05) is 13.2 Å². The Bertz CT molecular complexity index is 398. The number of aliphatic hydroxyl groups excluding tert-OH is 1. The number of nitrogens with two attached hydrogens (primary N) is 1. The molecule has 7 nitrogen and oxygen atoms in total. The summed E-state index contributed by atoms with van der Waals surface area (Å²) in [6.07, 6.45) is 2.47. The molecular formula is C11H18N4O3. The molecule has 0 radical (unpaired) electrons. The lowest BCUT2D eigenvalue weighted by molar-refractivity contribution is -0.383. The van der Waals surface area contributed by atoms with Crippen LogP contribution in [0.4, 0.5) is 17.1 Å². The third-order valence-electron chi connectivity index (χ3n) is 2.52. The molecule has 0 aliphatic rings. The van der Waals surface area contributed by atoms with Gasteiger partial charge in [0.2, 0.25) is 0 Å². The molecule has 0 bridgehead atoms. The van der Waals surface area contributed by atoms with E-state index >= 15 is 0 Å². The summed E-state index contributed by atoms with van der Waals surface area (Å²) in [4.78, 5) is 10.5. The van der Waals surface area contributed by atoms with Crippen molar-refractivity contribution in [2.75, 3.05) is 23.9 Å². The normalized spacial score (nSPS) is 10.1. The van der Waals surface area contributed by atoms with E-state index in [4.69, 9.17) is 10.9 Å². The van der Waals surface area contributed by atoms with Crippen molar-refractivity contribution < 1.29 is 10.0 Å². The first-order valence-corrected chi connectivity index (χ1v) is 5.79. The molecular weight excluding hydrogens is 236 g/mol. The summed E-state index contributed by atoms with van der Waals surface area (Å²) in [7, 11) is 0. The maximum atomic E-state index is 11.0. The minimum Gasteiger partial charge on any atom is -0.396 e. The predicted octanol–water partition coefficient (Wildman–Crippen LogP) is 1.45. The second kappa shape index (κ2) is 7.46. The number of aliphatic hydroxyl groups is 1. The van der Waals surface area contributed by atoms with Gasteiger partial charge >= 0.3 is 5.69 Å². The number of nitro benzene ring substituents is 1. The van der Waals surface area contributed by atoms with Crippen LogP contribution in [0.15, 0.2) is 18.2 Å². The van der Waals surface area contributed by atoms with Crippen LogP contribution in [0, 0.1) is 10.1 Å². The fraction of sp³-hybridized carbons (Fsp3) is 0.455. The summed E-state index contributed by atoms with van der Waals surface area (Å²) >= 11 is 0. The molecule has 0 amide bonds. The molecule has 0 saturated carbocycles. The zero-order valence-electron chi connectivity index (χ0n) is 10.1. The highest BCUT2D eigenvalue weighted by Crippen LogP contribution is 2.31. The number of nitrogen functional groups attached to an aromatic ring is 1. The maximum Gasteiger partial charge on any atom is 0.316 e. The molecule has 1 rings (SSSR count). The van der Waals surface area contributed by atoms with E-state index in [0.717, 1.165) is 19.3 Å². The maximum absolute atomic E-state index is 11.0. The highest BCUT2D eigenvalue weighted by Gasteiger charge is 2.18. The van der Waals surface area contributed by atoms with Gasteiger partial charge in [0.05, 0.1) is 4.92 Å². The summed E-state index contributed by atoms with van der Waals surface area (Å²) in [6, 6.07) is 4.89. The topological polar surface area (TPSA) is 113 Å². The van der Waals surface area contributed by atoms with Crippen LogP contribution in [0.3, 0.4) is 0 Å². The van der Waals surface area contributed by atoms with E-state index in [1.54, 1.807) is 18.2 Å². The summed E-state index contributed by atoms with van der Waals surface area (Å²) in [5.74, 6) is 5.24. The van der Waals surface area contributed by atoms with Gasteiger partial charge in [-0.15, -0.1) is 0 Å². The molecule has 0 unspecified atom stereocenters. The van der Waals surface area contributed by atoms with Gasteiger partial charge < -0.3 is 15.8 Å². The minimum atomic E-state index is -0.467. The van der Waals surface area contributed by atoms with Crippen LogP contribution in [0.25, 0.3) is 0 Å². The number of anilines is 2. The third-order valence-corrected chi connectivity index (χ3v) is 2.52. The van der Waals surface area contributed by atoms with E-state index in [2.05, 4.69) is 10.7 Å². The van der Waals surface area contributed by atoms with Crippen molar-refractivity contribution in [2.24, 2.45) is 5.84 Å². The van der Waals surface area contributed by atoms with Crippen LogP contribution < -0.4 is 16.6 Å². The first-order chi connectivity index (χ1) is 8.70. The fourth-order valence-corrected chi connectivity index (χ4v) is 1.64. The van der Waals surface area contributed by atoms with Crippen LogP contribution in [0.2, 0.25) is 0 Å². The number of hydrogen-bond donors (Lipinski definition) is 4. The zero-order chi connectivity index (χ0) is 13.4. The zero-order valence-corrected chi connectivity index (χ0v) is 10.1. The molecule has 18 heavy (non-hydrogen) atoms. The Hall–Kier alpha value is -1.86. The Morgan fingerprint density at radius 2 is 2.00 bits per heavy atom. The molecule has 0 aromatic heterocycles. The van der Waals surface area contributed by atoms with Crippen LogP contribution in [-0.2, 0) is 0 Å². The number of nitro groups is 1.